The average molecular weight is 470 g/mol. The first-order chi connectivity index (χ1) is 15.5. The molecule has 0 fully saturated rings. The van der Waals surface area contributed by atoms with E-state index in [1.165, 1.54) is 12.5 Å². The first-order valence-electron chi connectivity index (χ1n) is 10.7. The number of methoxy groups -OCH3 is 1. The maximum Gasteiger partial charge on any atom is 0.263 e. The first-order valence-corrected chi connectivity index (χ1v) is 10.7. The number of imidazole rings is 1. The number of aromatic amines is 1. The van der Waals surface area contributed by atoms with Gasteiger partial charge in [-0.15, -0.1) is 12.4 Å². The second kappa shape index (κ2) is 11.1. The molecule has 0 bridgehead atoms. The van der Waals surface area contributed by atoms with Gasteiger partial charge in [-0.25, -0.2) is 9.97 Å². The van der Waals surface area contributed by atoms with Crippen LogP contribution >= 0.6 is 12.4 Å². The SMILES string of the molecule is COc1cc2nc(C)ccc2cc1-c1cnc([C@@H](N)CCCCCC(=O)c2ncco2)[nH]1.Cl. The molecule has 0 spiro atoms. The Bertz CT molecular complexity index is 1210. The Hall–Kier alpha value is -3.23. The van der Waals surface area contributed by atoms with Gasteiger partial charge >= 0.3 is 0 Å². The molecule has 0 aliphatic rings. The summed E-state index contributed by atoms with van der Waals surface area (Å²) < 4.78 is 10.6. The van der Waals surface area contributed by atoms with Crippen molar-refractivity contribution in [1.82, 2.24) is 19.9 Å². The molecule has 0 aliphatic heterocycles. The number of carbonyl (C=O) groups is 1. The van der Waals surface area contributed by atoms with Crippen molar-refractivity contribution in [2.75, 3.05) is 7.11 Å². The first kappa shape index (κ1) is 24.4. The zero-order chi connectivity index (χ0) is 22.5. The summed E-state index contributed by atoms with van der Waals surface area (Å²) in [5.74, 6) is 1.58. The van der Waals surface area contributed by atoms with Crippen molar-refractivity contribution < 1.29 is 13.9 Å². The monoisotopic (exact) mass is 469 g/mol. The van der Waals surface area contributed by atoms with Crippen molar-refractivity contribution in [2.24, 2.45) is 5.73 Å². The van der Waals surface area contributed by atoms with E-state index in [2.05, 4.69) is 26.0 Å². The molecule has 3 heterocycles. The van der Waals surface area contributed by atoms with Crippen molar-refractivity contribution in [2.45, 2.75) is 45.1 Å². The fraction of sp³-hybridized carbons (Fsp3) is 0.333. The van der Waals surface area contributed by atoms with E-state index in [4.69, 9.17) is 14.9 Å². The number of carbonyl (C=O) groups excluding carboxylic acids is 1. The van der Waals surface area contributed by atoms with E-state index in [0.717, 1.165) is 65.1 Å². The molecular formula is C24H28ClN5O3. The smallest absolute Gasteiger partial charge is 0.263 e. The van der Waals surface area contributed by atoms with E-state index in [1.54, 1.807) is 13.3 Å². The summed E-state index contributed by atoms with van der Waals surface area (Å²) in [4.78, 5) is 28.2. The molecule has 3 N–H and O–H groups in total. The number of nitrogens with two attached hydrogens (primary N) is 1. The van der Waals surface area contributed by atoms with Crippen LogP contribution in [-0.4, -0.2) is 32.8 Å². The summed E-state index contributed by atoms with van der Waals surface area (Å²) in [6.07, 6.45) is 8.47. The van der Waals surface area contributed by atoms with Gasteiger partial charge in [0, 0.05) is 29.1 Å². The summed E-state index contributed by atoms with van der Waals surface area (Å²) in [6.45, 7) is 1.97. The minimum absolute atomic E-state index is 0. The maximum atomic E-state index is 11.9. The van der Waals surface area contributed by atoms with Crippen molar-refractivity contribution in [3.63, 3.8) is 0 Å². The van der Waals surface area contributed by atoms with Gasteiger partial charge in [0.25, 0.3) is 5.89 Å². The number of Topliss-reactive ketones (excluding diaryl/α,β-unsaturated/α-hetero) is 1. The lowest BCUT2D eigenvalue weighted by atomic mass is 10.1. The third-order valence-electron chi connectivity index (χ3n) is 5.48. The molecule has 0 amide bonds. The number of hydrogen-bond acceptors (Lipinski definition) is 7. The summed E-state index contributed by atoms with van der Waals surface area (Å²) >= 11 is 0. The molecule has 1 atom stereocenters. The molecule has 4 aromatic rings. The van der Waals surface area contributed by atoms with Gasteiger partial charge in [-0.2, -0.15) is 0 Å². The minimum Gasteiger partial charge on any atom is -0.496 e. The third-order valence-corrected chi connectivity index (χ3v) is 5.48. The highest BCUT2D eigenvalue weighted by atomic mass is 35.5. The van der Waals surface area contributed by atoms with Gasteiger partial charge in [-0.1, -0.05) is 18.9 Å². The number of rotatable bonds is 10. The molecule has 9 heteroatoms. The number of H-pyrrole nitrogens is 1. The van der Waals surface area contributed by atoms with Gasteiger partial charge in [0.1, 0.15) is 17.8 Å². The minimum atomic E-state index is -0.207. The Balaban J connectivity index is 0.00000306. The van der Waals surface area contributed by atoms with Gasteiger partial charge in [0.05, 0.1) is 36.8 Å². The Morgan fingerprint density at radius 3 is 2.82 bits per heavy atom. The van der Waals surface area contributed by atoms with Crippen molar-refractivity contribution >= 4 is 29.1 Å². The predicted molar refractivity (Wildman–Crippen MR) is 129 cm³/mol. The number of ketones is 1. The number of pyridine rings is 1. The molecule has 174 valence electrons. The van der Waals surface area contributed by atoms with E-state index in [-0.39, 0.29) is 30.1 Å². The lowest BCUT2D eigenvalue weighted by Gasteiger charge is -2.10. The summed E-state index contributed by atoms with van der Waals surface area (Å²) in [7, 11) is 1.65. The number of fused-ring (bicyclic) bond motifs is 1. The number of unbranched alkanes of at least 4 members (excludes halogenated alkanes) is 2. The number of aromatic nitrogens is 4. The number of ether oxygens (including phenoxy) is 1. The van der Waals surface area contributed by atoms with E-state index < -0.39 is 0 Å². The molecule has 0 saturated heterocycles. The molecule has 1 aromatic carbocycles. The highest BCUT2D eigenvalue weighted by molar-refractivity contribution is 5.91. The van der Waals surface area contributed by atoms with Crippen molar-refractivity contribution in [1.29, 1.82) is 0 Å². The maximum absolute atomic E-state index is 11.9. The van der Waals surface area contributed by atoms with Crippen LogP contribution in [-0.2, 0) is 0 Å². The van der Waals surface area contributed by atoms with E-state index >= 15 is 0 Å². The normalized spacial score (nSPS) is 11.8. The second-order valence-corrected chi connectivity index (χ2v) is 7.85. The topological polar surface area (TPSA) is 120 Å². The summed E-state index contributed by atoms with van der Waals surface area (Å²) in [5.41, 5.74) is 9.98. The standard InChI is InChI=1S/C24H27N5O3.ClH/c1-15-8-9-16-12-17(22(31-2)13-19(16)28-15)20-14-27-23(29-20)18(25)6-4-3-5-7-21(30)24-26-10-11-32-24;/h8-14,18H,3-7,25H2,1-2H3,(H,27,29);1H/t18-;/m0./s1. The van der Waals surface area contributed by atoms with Crippen LogP contribution in [0.25, 0.3) is 22.2 Å². The van der Waals surface area contributed by atoms with Crippen LogP contribution in [0.2, 0.25) is 0 Å². The van der Waals surface area contributed by atoms with Gasteiger partial charge in [-0.05, 0) is 31.9 Å². The fourth-order valence-electron chi connectivity index (χ4n) is 3.73. The van der Waals surface area contributed by atoms with E-state index in [1.807, 2.05) is 25.1 Å². The van der Waals surface area contributed by atoms with Gasteiger partial charge in [0.2, 0.25) is 5.78 Å². The van der Waals surface area contributed by atoms with Crippen LogP contribution < -0.4 is 10.5 Å². The van der Waals surface area contributed by atoms with Crippen LogP contribution in [0.5, 0.6) is 5.75 Å². The molecule has 0 saturated carbocycles. The molecule has 3 aromatic heterocycles. The Morgan fingerprint density at radius 2 is 2.06 bits per heavy atom. The van der Waals surface area contributed by atoms with Crippen molar-refractivity contribution in [3.8, 4) is 17.0 Å². The molecule has 0 unspecified atom stereocenters. The highest BCUT2D eigenvalue weighted by Crippen LogP contribution is 2.33. The Kier molecular flexibility index (Phi) is 8.19. The molecule has 0 aliphatic carbocycles. The number of oxazole rings is 1. The van der Waals surface area contributed by atoms with Crippen LogP contribution in [0.15, 0.2) is 47.3 Å². The average Bonchev–Trinajstić information content (AvgIpc) is 3.50. The Morgan fingerprint density at radius 1 is 1.21 bits per heavy atom. The second-order valence-electron chi connectivity index (χ2n) is 7.85. The quantitative estimate of drug-likeness (QED) is 0.242. The zero-order valence-corrected chi connectivity index (χ0v) is 19.5. The van der Waals surface area contributed by atoms with Crippen LogP contribution in [0.1, 0.15) is 60.3 Å². The van der Waals surface area contributed by atoms with E-state index in [9.17, 15) is 4.79 Å². The van der Waals surface area contributed by atoms with Gasteiger partial charge in [0.15, 0.2) is 0 Å². The number of nitrogens with zero attached hydrogens (tertiary/aromatic N) is 3. The summed E-state index contributed by atoms with van der Waals surface area (Å²) in [5, 5.41) is 1.03. The van der Waals surface area contributed by atoms with Crippen LogP contribution in [0.4, 0.5) is 0 Å². The van der Waals surface area contributed by atoms with Crippen LogP contribution in [0.3, 0.4) is 0 Å². The number of hydrogen-bond donors (Lipinski definition) is 2. The largest absolute Gasteiger partial charge is 0.496 e. The number of aryl methyl sites for hydroxylation is 1. The van der Waals surface area contributed by atoms with Crippen LogP contribution in [0, 0.1) is 6.92 Å². The molecule has 4 rings (SSSR count). The lowest BCUT2D eigenvalue weighted by molar-refractivity contribution is 0.0945. The number of benzene rings is 1. The van der Waals surface area contributed by atoms with Gasteiger partial charge < -0.3 is 19.9 Å². The fourth-order valence-corrected chi connectivity index (χ4v) is 3.73. The Labute approximate surface area is 198 Å². The molecule has 8 nitrogen and oxygen atoms in total. The molecular weight excluding hydrogens is 442 g/mol. The number of halogens is 1. The summed E-state index contributed by atoms with van der Waals surface area (Å²) in [6, 6.07) is 7.83. The molecule has 0 radical (unpaired) electrons. The molecule has 33 heavy (non-hydrogen) atoms. The highest BCUT2D eigenvalue weighted by Gasteiger charge is 2.15. The third kappa shape index (κ3) is 5.77. The zero-order valence-electron chi connectivity index (χ0n) is 18.7. The van der Waals surface area contributed by atoms with E-state index in [0.29, 0.717) is 6.42 Å². The predicted octanol–water partition coefficient (Wildman–Crippen LogP) is 5.18. The van der Waals surface area contributed by atoms with Crippen molar-refractivity contribution in [3.05, 3.63) is 60.3 Å². The van der Waals surface area contributed by atoms with Gasteiger partial charge in [-0.3, -0.25) is 9.78 Å². The lowest BCUT2D eigenvalue weighted by Crippen LogP contribution is -2.12. The number of nitrogens with one attached hydrogen (secondary N) is 1.